The van der Waals surface area contributed by atoms with Crippen molar-refractivity contribution in [2.24, 2.45) is 0 Å². The van der Waals surface area contributed by atoms with Crippen molar-refractivity contribution in [3.63, 3.8) is 0 Å². The predicted octanol–water partition coefficient (Wildman–Crippen LogP) is 7.87. The molecular formula is C18H37FS. The third kappa shape index (κ3) is 18.3. The van der Waals surface area contributed by atoms with Crippen molar-refractivity contribution < 1.29 is 3.89 Å². The molecule has 0 aliphatic heterocycles. The summed E-state index contributed by atoms with van der Waals surface area (Å²) in [5, 5.41) is 0. The van der Waals surface area contributed by atoms with Gasteiger partial charge in [0.05, 0.1) is 0 Å². The lowest BCUT2D eigenvalue weighted by molar-refractivity contribution is 0.531. The van der Waals surface area contributed by atoms with Gasteiger partial charge in [-0.25, -0.2) is 0 Å². The van der Waals surface area contributed by atoms with Crippen molar-refractivity contribution in [3.8, 4) is 0 Å². The van der Waals surface area contributed by atoms with Crippen LogP contribution in [0.5, 0.6) is 0 Å². The zero-order valence-corrected chi connectivity index (χ0v) is 14.6. The maximum absolute atomic E-state index is 11.8. The Morgan fingerprint density at radius 3 is 1.10 bits per heavy atom. The van der Waals surface area contributed by atoms with E-state index in [2.05, 4.69) is 6.92 Å². The van der Waals surface area contributed by atoms with Gasteiger partial charge in [0.1, 0.15) is 0 Å². The second-order valence-electron chi connectivity index (χ2n) is 6.12. The van der Waals surface area contributed by atoms with Crippen LogP contribution in [0.3, 0.4) is 0 Å². The summed E-state index contributed by atoms with van der Waals surface area (Å²) in [6.45, 7) is 2.28. The van der Waals surface area contributed by atoms with Crippen molar-refractivity contribution in [1.82, 2.24) is 0 Å². The average Bonchev–Trinajstić information content (AvgIpc) is 2.47. The fourth-order valence-electron chi connectivity index (χ4n) is 2.70. The Balaban J connectivity index is 2.89. The smallest absolute Gasteiger partial charge is 0.0443 e. The van der Waals surface area contributed by atoms with Gasteiger partial charge in [-0.3, -0.25) is 0 Å². The molecule has 0 aromatic carbocycles. The summed E-state index contributed by atoms with van der Waals surface area (Å²) >= 11 is 0.488. The number of hydrogen-bond donors (Lipinski definition) is 0. The van der Waals surface area contributed by atoms with Crippen LogP contribution in [-0.2, 0) is 0 Å². The molecule has 0 amide bonds. The highest BCUT2D eigenvalue weighted by Crippen LogP contribution is 2.14. The van der Waals surface area contributed by atoms with Crippen molar-refractivity contribution in [2.75, 3.05) is 5.75 Å². The molecule has 0 saturated heterocycles. The Morgan fingerprint density at radius 2 is 0.800 bits per heavy atom. The standard InChI is InChI=1S/C18H37FS/c1-2-3-4-5-6-7-8-9-10-11-12-13-14-15-16-17-18-20-19/h2-18H2,1H3. The number of halogens is 1. The van der Waals surface area contributed by atoms with E-state index < -0.39 is 0 Å². The monoisotopic (exact) mass is 304 g/mol. The maximum atomic E-state index is 11.8. The predicted molar refractivity (Wildman–Crippen MR) is 93.1 cm³/mol. The zero-order valence-electron chi connectivity index (χ0n) is 13.8. The summed E-state index contributed by atoms with van der Waals surface area (Å²) in [4.78, 5) is 0. The minimum Gasteiger partial charge on any atom is -0.165 e. The fourth-order valence-corrected chi connectivity index (χ4v) is 3.02. The van der Waals surface area contributed by atoms with Crippen LogP contribution in [-0.4, -0.2) is 5.75 Å². The van der Waals surface area contributed by atoms with Crippen molar-refractivity contribution in [3.05, 3.63) is 0 Å². The number of rotatable bonds is 17. The molecule has 0 radical (unpaired) electrons. The lowest BCUT2D eigenvalue weighted by atomic mass is 10.0. The van der Waals surface area contributed by atoms with Gasteiger partial charge >= 0.3 is 0 Å². The summed E-state index contributed by atoms with van der Waals surface area (Å²) in [6, 6.07) is 0. The van der Waals surface area contributed by atoms with Crippen LogP contribution in [0.4, 0.5) is 3.89 Å². The molecule has 0 bridgehead atoms. The molecule has 0 aliphatic rings. The van der Waals surface area contributed by atoms with Gasteiger partial charge in [0.2, 0.25) is 0 Å². The molecule has 0 saturated carbocycles. The van der Waals surface area contributed by atoms with E-state index in [0.717, 1.165) is 6.42 Å². The molecule has 0 heterocycles. The molecular weight excluding hydrogens is 267 g/mol. The second-order valence-corrected chi connectivity index (χ2v) is 6.74. The second kappa shape index (κ2) is 19.3. The van der Waals surface area contributed by atoms with E-state index in [4.69, 9.17) is 0 Å². The van der Waals surface area contributed by atoms with Gasteiger partial charge in [-0.15, -0.1) is 0 Å². The summed E-state index contributed by atoms with van der Waals surface area (Å²) in [6.07, 6.45) is 22.1. The molecule has 0 N–H and O–H groups in total. The maximum Gasteiger partial charge on any atom is 0.0443 e. The third-order valence-electron chi connectivity index (χ3n) is 4.08. The summed E-state index contributed by atoms with van der Waals surface area (Å²) in [5.74, 6) is 0.693. The van der Waals surface area contributed by atoms with E-state index in [0.29, 0.717) is 17.9 Å². The minimum absolute atomic E-state index is 0.488. The van der Waals surface area contributed by atoms with E-state index in [1.54, 1.807) is 0 Å². The van der Waals surface area contributed by atoms with E-state index >= 15 is 0 Å². The Morgan fingerprint density at radius 1 is 0.500 bits per heavy atom. The minimum atomic E-state index is 0.488. The highest BCUT2D eigenvalue weighted by atomic mass is 32.2. The van der Waals surface area contributed by atoms with Crippen molar-refractivity contribution in [1.29, 1.82) is 0 Å². The molecule has 0 aromatic heterocycles. The Hall–Kier alpha value is 0.280. The SMILES string of the molecule is CCCCCCCCCCCCCCCCCCSF. The molecule has 0 spiro atoms. The summed E-state index contributed by atoms with van der Waals surface area (Å²) in [5.41, 5.74) is 0. The topological polar surface area (TPSA) is 0 Å². The Kier molecular flexibility index (Phi) is 19.5. The van der Waals surface area contributed by atoms with Crippen LogP contribution in [0.25, 0.3) is 0 Å². The van der Waals surface area contributed by atoms with Crippen LogP contribution in [0, 0.1) is 0 Å². The number of hydrogen-bond acceptors (Lipinski definition) is 1. The fraction of sp³-hybridized carbons (Fsp3) is 1.00. The van der Waals surface area contributed by atoms with Crippen LogP contribution in [0.1, 0.15) is 110 Å². The molecule has 0 atom stereocenters. The zero-order chi connectivity index (χ0) is 14.7. The molecule has 0 rings (SSSR count). The van der Waals surface area contributed by atoms with Gasteiger partial charge in [-0.1, -0.05) is 103 Å². The van der Waals surface area contributed by atoms with Gasteiger partial charge in [0.15, 0.2) is 0 Å². The molecule has 0 fully saturated rings. The highest BCUT2D eigenvalue weighted by molar-refractivity contribution is 7.94. The first-order valence-corrected chi connectivity index (χ1v) is 10.0. The normalized spacial score (nSPS) is 11.1. The first-order chi connectivity index (χ1) is 9.91. The Bertz CT molecular complexity index is 143. The molecule has 2 heteroatoms. The number of unbranched alkanes of at least 4 members (excludes halogenated alkanes) is 15. The van der Waals surface area contributed by atoms with Crippen molar-refractivity contribution >= 4 is 12.1 Å². The molecule has 122 valence electrons. The van der Waals surface area contributed by atoms with E-state index in [-0.39, 0.29) is 0 Å². The van der Waals surface area contributed by atoms with Crippen molar-refractivity contribution in [2.45, 2.75) is 110 Å². The average molecular weight is 305 g/mol. The lowest BCUT2D eigenvalue weighted by Gasteiger charge is -2.03. The van der Waals surface area contributed by atoms with E-state index in [1.165, 1.54) is 96.3 Å². The van der Waals surface area contributed by atoms with E-state index in [9.17, 15) is 3.89 Å². The summed E-state index contributed by atoms with van der Waals surface area (Å²) in [7, 11) is 0. The van der Waals surface area contributed by atoms with Crippen LogP contribution < -0.4 is 0 Å². The third-order valence-corrected chi connectivity index (χ3v) is 4.52. The Labute approximate surface area is 132 Å². The van der Waals surface area contributed by atoms with E-state index in [1.807, 2.05) is 0 Å². The van der Waals surface area contributed by atoms with Gasteiger partial charge in [-0.05, 0) is 6.42 Å². The molecule has 0 unspecified atom stereocenters. The van der Waals surface area contributed by atoms with Gasteiger partial charge < -0.3 is 0 Å². The van der Waals surface area contributed by atoms with Crippen LogP contribution >= 0.6 is 12.1 Å². The summed E-state index contributed by atoms with van der Waals surface area (Å²) < 4.78 is 11.8. The lowest BCUT2D eigenvalue weighted by Crippen LogP contribution is -1.84. The highest BCUT2D eigenvalue weighted by Gasteiger charge is 1.94. The first-order valence-electron chi connectivity index (χ1n) is 9.15. The molecule has 0 aromatic rings. The van der Waals surface area contributed by atoms with Gasteiger partial charge in [-0.2, -0.15) is 3.89 Å². The molecule has 20 heavy (non-hydrogen) atoms. The van der Waals surface area contributed by atoms with Gasteiger partial charge in [0, 0.05) is 17.9 Å². The van der Waals surface area contributed by atoms with Crippen LogP contribution in [0.2, 0.25) is 0 Å². The van der Waals surface area contributed by atoms with Crippen LogP contribution in [0.15, 0.2) is 0 Å². The quantitative estimate of drug-likeness (QED) is 0.246. The largest absolute Gasteiger partial charge is 0.165 e. The first kappa shape index (κ1) is 20.3. The van der Waals surface area contributed by atoms with Gasteiger partial charge in [0.25, 0.3) is 0 Å². The molecule has 0 aliphatic carbocycles. The molecule has 0 nitrogen and oxygen atoms in total.